The minimum Gasteiger partial charge on any atom is -0.456 e. The first-order valence-electron chi connectivity index (χ1n) is 21.9. The molecule has 0 aliphatic heterocycles. The Morgan fingerprint density at radius 2 is 0.615 bits per heavy atom. The lowest BCUT2D eigenvalue weighted by Crippen LogP contribution is -2.13. The zero-order valence-corrected chi connectivity index (χ0v) is 35.3. The Labute approximate surface area is 376 Å². The highest BCUT2D eigenvalue weighted by Crippen LogP contribution is 2.47. The predicted octanol–water partition coefficient (Wildman–Crippen LogP) is 17.6. The van der Waals surface area contributed by atoms with E-state index in [4.69, 9.17) is 8.83 Å². The van der Waals surface area contributed by atoms with Crippen molar-refractivity contribution < 1.29 is 8.83 Å². The number of fused-ring (bicyclic) bond motifs is 6. The second-order valence-electron chi connectivity index (χ2n) is 16.1. The SMILES string of the molecule is c1ccc(N(c2ccccc2)c2cccc(N(c3ccc(-c4ccc5oc6cccc(N(c7ccccc7)c7ccccc7)c6c5c4)cc3)c3cccc4oc5ccccc5c34)c2)cc1. The third kappa shape index (κ3) is 6.83. The lowest BCUT2D eigenvalue weighted by atomic mass is 10.0. The van der Waals surface area contributed by atoms with Crippen LogP contribution in [0.15, 0.2) is 258 Å². The maximum Gasteiger partial charge on any atom is 0.137 e. The molecular formula is C60H41N3O2. The fourth-order valence-electron chi connectivity index (χ4n) is 9.30. The molecule has 0 radical (unpaired) electrons. The van der Waals surface area contributed by atoms with Crippen LogP contribution in [0, 0.1) is 0 Å². The lowest BCUT2D eigenvalue weighted by Gasteiger charge is -2.29. The van der Waals surface area contributed by atoms with E-state index < -0.39 is 0 Å². The molecule has 0 bridgehead atoms. The van der Waals surface area contributed by atoms with E-state index in [1.807, 2.05) is 12.1 Å². The largest absolute Gasteiger partial charge is 0.456 e. The Bertz CT molecular complexity index is 3520. The topological polar surface area (TPSA) is 36.0 Å². The lowest BCUT2D eigenvalue weighted by molar-refractivity contribution is 0.668. The molecule has 5 nitrogen and oxygen atoms in total. The van der Waals surface area contributed by atoms with E-state index in [1.165, 1.54) is 0 Å². The molecule has 0 saturated carbocycles. The van der Waals surface area contributed by atoms with Gasteiger partial charge in [0, 0.05) is 50.6 Å². The van der Waals surface area contributed by atoms with Crippen LogP contribution in [0.1, 0.15) is 0 Å². The number of hydrogen-bond donors (Lipinski definition) is 0. The molecule has 12 aromatic rings. The van der Waals surface area contributed by atoms with Crippen molar-refractivity contribution in [3.05, 3.63) is 249 Å². The molecule has 0 spiro atoms. The molecule has 0 unspecified atom stereocenters. The van der Waals surface area contributed by atoms with Crippen LogP contribution in [-0.2, 0) is 0 Å². The van der Waals surface area contributed by atoms with Crippen LogP contribution >= 0.6 is 0 Å². The van der Waals surface area contributed by atoms with Crippen molar-refractivity contribution in [3.8, 4) is 11.1 Å². The number of furan rings is 2. The highest BCUT2D eigenvalue weighted by atomic mass is 16.3. The van der Waals surface area contributed by atoms with Gasteiger partial charge in [-0.05, 0) is 132 Å². The first-order chi connectivity index (χ1) is 32.2. The number of hydrogen-bond acceptors (Lipinski definition) is 5. The molecule has 0 aliphatic rings. The van der Waals surface area contributed by atoms with E-state index in [2.05, 4.69) is 251 Å². The summed E-state index contributed by atoms with van der Waals surface area (Å²) in [5.74, 6) is 0. The minimum absolute atomic E-state index is 0.842. The maximum atomic E-state index is 6.55. The molecule has 0 atom stereocenters. The van der Waals surface area contributed by atoms with Crippen LogP contribution in [0.5, 0.6) is 0 Å². The Morgan fingerprint density at radius 3 is 1.18 bits per heavy atom. The van der Waals surface area contributed by atoms with Crippen LogP contribution < -0.4 is 14.7 Å². The predicted molar refractivity (Wildman–Crippen MR) is 270 cm³/mol. The van der Waals surface area contributed by atoms with Crippen molar-refractivity contribution in [3.63, 3.8) is 0 Å². The number of nitrogens with zero attached hydrogens (tertiary/aromatic N) is 3. The summed E-state index contributed by atoms with van der Waals surface area (Å²) in [7, 11) is 0. The smallest absolute Gasteiger partial charge is 0.137 e. The van der Waals surface area contributed by atoms with Gasteiger partial charge in [-0.25, -0.2) is 0 Å². The number of para-hydroxylation sites is 5. The van der Waals surface area contributed by atoms with E-state index in [0.717, 1.165) is 106 Å². The molecule has 2 aromatic heterocycles. The second kappa shape index (κ2) is 16.2. The fraction of sp³-hybridized carbons (Fsp3) is 0. The number of rotatable bonds is 10. The summed E-state index contributed by atoms with van der Waals surface area (Å²) in [6, 6.07) is 87.3. The van der Waals surface area contributed by atoms with Crippen LogP contribution in [0.25, 0.3) is 55.0 Å². The van der Waals surface area contributed by atoms with Crippen molar-refractivity contribution >= 4 is 95.1 Å². The van der Waals surface area contributed by atoms with Gasteiger partial charge in [-0.2, -0.15) is 0 Å². The van der Waals surface area contributed by atoms with E-state index in [1.54, 1.807) is 0 Å². The van der Waals surface area contributed by atoms with Crippen molar-refractivity contribution in [2.75, 3.05) is 14.7 Å². The average molecular weight is 836 g/mol. The van der Waals surface area contributed by atoms with Gasteiger partial charge in [0.05, 0.1) is 22.1 Å². The van der Waals surface area contributed by atoms with Crippen LogP contribution in [-0.4, -0.2) is 0 Å². The second-order valence-corrected chi connectivity index (χ2v) is 16.1. The highest BCUT2D eigenvalue weighted by molar-refractivity contribution is 6.15. The fourth-order valence-corrected chi connectivity index (χ4v) is 9.30. The van der Waals surface area contributed by atoms with Crippen molar-refractivity contribution in [2.45, 2.75) is 0 Å². The van der Waals surface area contributed by atoms with Crippen LogP contribution in [0.2, 0.25) is 0 Å². The minimum atomic E-state index is 0.842. The standard InChI is InChI=1S/C60H41N3O2/c1-5-18-44(19-6-1)61(45-20-7-2-8-21-45)49-26-15-27-50(41-49)63(53-29-16-32-57-59(53)51-28-13-14-31-55(51)64-57)48-37-34-42(35-38-48)43-36-39-56-52(40-43)60-54(30-17-33-58(60)65-56)62(46-22-9-3-10-23-46)47-24-11-4-12-25-47/h1-41H. The molecule has 2 heterocycles. The summed E-state index contributed by atoms with van der Waals surface area (Å²) in [5.41, 5.74) is 15.1. The van der Waals surface area contributed by atoms with Crippen LogP contribution in [0.3, 0.4) is 0 Å². The Hall–Kier alpha value is -8.80. The quantitative estimate of drug-likeness (QED) is 0.137. The van der Waals surface area contributed by atoms with E-state index in [-0.39, 0.29) is 0 Å². The number of benzene rings is 10. The molecule has 0 amide bonds. The zero-order chi connectivity index (χ0) is 43.1. The van der Waals surface area contributed by atoms with Gasteiger partial charge >= 0.3 is 0 Å². The molecule has 10 aromatic carbocycles. The van der Waals surface area contributed by atoms with Gasteiger partial charge in [0.15, 0.2) is 0 Å². The van der Waals surface area contributed by atoms with Crippen molar-refractivity contribution in [2.24, 2.45) is 0 Å². The van der Waals surface area contributed by atoms with E-state index in [0.29, 0.717) is 0 Å². The molecule has 12 rings (SSSR count). The Balaban J connectivity index is 0.995. The summed E-state index contributed by atoms with van der Waals surface area (Å²) < 4.78 is 13.0. The monoisotopic (exact) mass is 835 g/mol. The summed E-state index contributed by atoms with van der Waals surface area (Å²) in [5, 5.41) is 4.27. The van der Waals surface area contributed by atoms with Gasteiger partial charge in [0.1, 0.15) is 22.3 Å². The maximum absolute atomic E-state index is 6.55. The van der Waals surface area contributed by atoms with Crippen LogP contribution in [0.4, 0.5) is 51.2 Å². The summed E-state index contributed by atoms with van der Waals surface area (Å²) in [6.07, 6.45) is 0. The molecule has 0 N–H and O–H groups in total. The summed E-state index contributed by atoms with van der Waals surface area (Å²) >= 11 is 0. The normalized spacial score (nSPS) is 11.4. The third-order valence-electron chi connectivity index (χ3n) is 12.2. The third-order valence-corrected chi connectivity index (χ3v) is 12.2. The zero-order valence-electron chi connectivity index (χ0n) is 35.3. The van der Waals surface area contributed by atoms with Gasteiger partial charge in [-0.1, -0.05) is 127 Å². The Morgan fingerprint density at radius 1 is 0.231 bits per heavy atom. The van der Waals surface area contributed by atoms with Gasteiger partial charge in [0.2, 0.25) is 0 Å². The molecule has 0 fully saturated rings. The van der Waals surface area contributed by atoms with Crippen molar-refractivity contribution in [1.29, 1.82) is 0 Å². The first-order valence-corrected chi connectivity index (χ1v) is 21.9. The van der Waals surface area contributed by atoms with E-state index in [9.17, 15) is 0 Å². The molecule has 0 saturated heterocycles. The Kier molecular flexibility index (Phi) is 9.42. The molecule has 308 valence electrons. The molecule has 0 aliphatic carbocycles. The van der Waals surface area contributed by atoms with Gasteiger partial charge in [-0.15, -0.1) is 0 Å². The average Bonchev–Trinajstić information content (AvgIpc) is 3.95. The van der Waals surface area contributed by atoms with Crippen molar-refractivity contribution in [1.82, 2.24) is 0 Å². The number of anilines is 9. The molecule has 5 heteroatoms. The van der Waals surface area contributed by atoms with Gasteiger partial charge in [-0.3, -0.25) is 0 Å². The summed E-state index contributed by atoms with van der Waals surface area (Å²) in [6.45, 7) is 0. The van der Waals surface area contributed by atoms with Gasteiger partial charge < -0.3 is 23.5 Å². The molecule has 65 heavy (non-hydrogen) atoms. The summed E-state index contributed by atoms with van der Waals surface area (Å²) in [4.78, 5) is 6.97. The first kappa shape index (κ1) is 37.9. The molecular weight excluding hydrogens is 795 g/mol. The van der Waals surface area contributed by atoms with Gasteiger partial charge in [0.25, 0.3) is 0 Å². The van der Waals surface area contributed by atoms with E-state index >= 15 is 0 Å². The highest BCUT2D eigenvalue weighted by Gasteiger charge is 2.23.